The molecule has 0 aliphatic carbocycles. The quantitative estimate of drug-likeness (QED) is 0.615. The lowest BCUT2D eigenvalue weighted by atomic mass is 9.99. The van der Waals surface area contributed by atoms with E-state index in [2.05, 4.69) is 0 Å². The predicted octanol–water partition coefficient (Wildman–Crippen LogP) is 2.45. The molecule has 0 radical (unpaired) electrons. The number of rotatable bonds is 6. The average Bonchev–Trinajstić information content (AvgIpc) is 3.22. The Labute approximate surface area is 199 Å². The molecule has 4 rings (SSSR count). The first-order valence-electron chi connectivity index (χ1n) is 10.9. The van der Waals surface area contributed by atoms with Crippen LogP contribution in [-0.4, -0.2) is 60.9 Å². The third kappa shape index (κ3) is 4.29. The summed E-state index contributed by atoms with van der Waals surface area (Å²) in [4.78, 5) is 29.9. The van der Waals surface area contributed by atoms with Crippen molar-refractivity contribution in [2.75, 3.05) is 50.5 Å². The van der Waals surface area contributed by atoms with Crippen molar-refractivity contribution in [3.63, 3.8) is 0 Å². The molecule has 2 heterocycles. The van der Waals surface area contributed by atoms with Crippen LogP contribution in [0.5, 0.6) is 17.2 Å². The molecule has 2 aliphatic heterocycles. The molecule has 1 atom stereocenters. The third-order valence-corrected chi connectivity index (χ3v) is 7.41. The van der Waals surface area contributed by atoms with Crippen LogP contribution in [0.1, 0.15) is 18.4 Å². The van der Waals surface area contributed by atoms with Gasteiger partial charge in [-0.15, -0.1) is 0 Å². The number of benzene rings is 2. The van der Waals surface area contributed by atoms with Crippen LogP contribution >= 0.6 is 0 Å². The van der Waals surface area contributed by atoms with Gasteiger partial charge in [0.05, 0.1) is 37.8 Å². The van der Waals surface area contributed by atoms with Crippen LogP contribution in [0.3, 0.4) is 0 Å². The molecule has 2 aliphatic rings. The van der Waals surface area contributed by atoms with Crippen molar-refractivity contribution in [1.82, 2.24) is 0 Å². The fourth-order valence-corrected chi connectivity index (χ4v) is 5.27. The molecule has 9 nitrogen and oxygen atoms in total. The Balaban J connectivity index is 1.60. The Bertz CT molecular complexity index is 1220. The van der Waals surface area contributed by atoms with Gasteiger partial charge in [-0.25, -0.2) is 8.42 Å². The fraction of sp³-hybridized carbons (Fsp3) is 0.417. The summed E-state index contributed by atoms with van der Waals surface area (Å²) >= 11 is 0. The molecule has 2 aromatic carbocycles. The second-order valence-electron chi connectivity index (χ2n) is 8.45. The molecule has 0 spiro atoms. The summed E-state index contributed by atoms with van der Waals surface area (Å²) in [6.07, 6.45) is 2.68. The first-order valence-corrected chi connectivity index (χ1v) is 12.8. The molecule has 0 saturated carbocycles. The van der Waals surface area contributed by atoms with Gasteiger partial charge in [0, 0.05) is 43.6 Å². The van der Waals surface area contributed by atoms with Gasteiger partial charge in [0.2, 0.25) is 17.6 Å². The SMILES string of the molecule is COc1cc(N2CC(C(=O)N3CCCc4cc(S(C)(=O)=O)ccc43)CC2=O)cc(OC)c1OC. The summed E-state index contributed by atoms with van der Waals surface area (Å²) in [5, 5.41) is 0. The van der Waals surface area contributed by atoms with E-state index >= 15 is 0 Å². The molecule has 10 heteroatoms. The molecular weight excluding hydrogens is 460 g/mol. The monoisotopic (exact) mass is 488 g/mol. The molecule has 0 aromatic heterocycles. The first kappa shape index (κ1) is 23.9. The minimum absolute atomic E-state index is 0.0861. The number of aryl methyl sites for hydroxylation is 1. The Morgan fingerprint density at radius 1 is 1.03 bits per heavy atom. The largest absolute Gasteiger partial charge is 0.493 e. The Kier molecular flexibility index (Phi) is 6.44. The van der Waals surface area contributed by atoms with E-state index in [1.807, 2.05) is 0 Å². The van der Waals surface area contributed by atoms with Crippen LogP contribution in [0.4, 0.5) is 11.4 Å². The molecule has 1 unspecified atom stereocenters. The van der Waals surface area contributed by atoms with E-state index in [1.54, 1.807) is 34.1 Å². The van der Waals surface area contributed by atoms with Crippen molar-refractivity contribution in [2.45, 2.75) is 24.2 Å². The highest BCUT2D eigenvalue weighted by atomic mass is 32.2. The van der Waals surface area contributed by atoms with Gasteiger partial charge in [0.1, 0.15) is 0 Å². The van der Waals surface area contributed by atoms with E-state index in [9.17, 15) is 18.0 Å². The molecule has 2 aromatic rings. The number of anilines is 2. The standard InChI is InChI=1S/C24H28N2O7S/c1-31-20-12-17(13-21(32-2)23(20)33-3)26-14-16(11-22(26)27)24(28)25-9-5-6-15-10-18(34(4,29)30)7-8-19(15)25/h7-8,10,12-13,16H,5-6,9,11,14H2,1-4H3. The minimum Gasteiger partial charge on any atom is -0.493 e. The minimum atomic E-state index is -3.34. The molecule has 1 fully saturated rings. The first-order chi connectivity index (χ1) is 16.2. The van der Waals surface area contributed by atoms with E-state index in [4.69, 9.17) is 14.2 Å². The zero-order chi connectivity index (χ0) is 24.6. The number of methoxy groups -OCH3 is 3. The maximum absolute atomic E-state index is 13.5. The van der Waals surface area contributed by atoms with Crippen LogP contribution in [0.2, 0.25) is 0 Å². The van der Waals surface area contributed by atoms with E-state index < -0.39 is 15.8 Å². The topological polar surface area (TPSA) is 102 Å². The molecule has 0 bridgehead atoms. The summed E-state index contributed by atoms with van der Waals surface area (Å²) in [5.74, 6) is 0.435. The highest BCUT2D eigenvalue weighted by molar-refractivity contribution is 7.90. The molecular formula is C24H28N2O7S. The molecule has 0 N–H and O–H groups in total. The van der Waals surface area contributed by atoms with Gasteiger partial charge in [-0.3, -0.25) is 9.59 Å². The van der Waals surface area contributed by atoms with Crippen LogP contribution in [-0.2, 0) is 25.8 Å². The lowest BCUT2D eigenvalue weighted by molar-refractivity contribution is -0.124. The van der Waals surface area contributed by atoms with Crippen molar-refractivity contribution in [3.05, 3.63) is 35.9 Å². The van der Waals surface area contributed by atoms with Crippen molar-refractivity contribution in [1.29, 1.82) is 0 Å². The van der Waals surface area contributed by atoms with Gasteiger partial charge in [-0.1, -0.05) is 0 Å². The average molecular weight is 489 g/mol. The Morgan fingerprint density at radius 3 is 2.29 bits per heavy atom. The van der Waals surface area contributed by atoms with Crippen LogP contribution in [0, 0.1) is 5.92 Å². The number of hydrogen-bond acceptors (Lipinski definition) is 7. The number of ether oxygens (including phenoxy) is 3. The number of carbonyl (C=O) groups excluding carboxylic acids is 2. The maximum atomic E-state index is 13.5. The molecule has 182 valence electrons. The van der Waals surface area contributed by atoms with E-state index in [1.165, 1.54) is 33.7 Å². The highest BCUT2D eigenvalue weighted by Gasteiger charge is 2.39. The van der Waals surface area contributed by atoms with Gasteiger partial charge in [-0.2, -0.15) is 0 Å². The van der Waals surface area contributed by atoms with Crippen molar-refractivity contribution in [2.24, 2.45) is 5.92 Å². The number of hydrogen-bond donors (Lipinski definition) is 0. The van der Waals surface area contributed by atoms with Gasteiger partial charge in [0.15, 0.2) is 21.3 Å². The summed E-state index contributed by atoms with van der Waals surface area (Å²) < 4.78 is 40.0. The smallest absolute Gasteiger partial charge is 0.232 e. The summed E-state index contributed by atoms with van der Waals surface area (Å²) in [6, 6.07) is 8.24. The number of fused-ring (bicyclic) bond motifs is 1. The van der Waals surface area contributed by atoms with Gasteiger partial charge < -0.3 is 24.0 Å². The second kappa shape index (κ2) is 9.17. The number of amides is 2. The van der Waals surface area contributed by atoms with Crippen LogP contribution in [0.25, 0.3) is 0 Å². The van der Waals surface area contributed by atoms with Gasteiger partial charge >= 0.3 is 0 Å². The molecule has 2 amide bonds. The zero-order valence-corrected chi connectivity index (χ0v) is 20.5. The predicted molar refractivity (Wildman–Crippen MR) is 127 cm³/mol. The third-order valence-electron chi connectivity index (χ3n) is 6.30. The summed E-state index contributed by atoms with van der Waals surface area (Å²) in [5.41, 5.74) is 2.10. The van der Waals surface area contributed by atoms with Crippen LogP contribution < -0.4 is 24.0 Å². The van der Waals surface area contributed by atoms with E-state index in [0.717, 1.165) is 12.0 Å². The maximum Gasteiger partial charge on any atom is 0.232 e. The highest BCUT2D eigenvalue weighted by Crippen LogP contribution is 2.42. The number of sulfone groups is 1. The molecule has 1 saturated heterocycles. The Hall–Kier alpha value is -3.27. The molecule has 34 heavy (non-hydrogen) atoms. The van der Waals surface area contributed by atoms with Crippen molar-refractivity contribution >= 4 is 33.0 Å². The lowest BCUT2D eigenvalue weighted by Crippen LogP contribution is -2.40. The normalized spacial score (nSPS) is 18.0. The summed E-state index contributed by atoms with van der Waals surface area (Å²) in [7, 11) is 1.17. The second-order valence-corrected chi connectivity index (χ2v) is 10.5. The number of carbonyl (C=O) groups is 2. The lowest BCUT2D eigenvalue weighted by Gasteiger charge is -2.31. The number of nitrogens with zero attached hydrogens (tertiary/aromatic N) is 2. The van der Waals surface area contributed by atoms with Crippen molar-refractivity contribution < 1.29 is 32.2 Å². The zero-order valence-electron chi connectivity index (χ0n) is 19.7. The van der Waals surface area contributed by atoms with Crippen LogP contribution in [0.15, 0.2) is 35.2 Å². The van der Waals surface area contributed by atoms with Gasteiger partial charge in [-0.05, 0) is 36.6 Å². The Morgan fingerprint density at radius 2 is 1.71 bits per heavy atom. The van der Waals surface area contributed by atoms with E-state index in [0.29, 0.717) is 41.6 Å². The van der Waals surface area contributed by atoms with Gasteiger partial charge in [0.25, 0.3) is 0 Å². The van der Waals surface area contributed by atoms with Crippen molar-refractivity contribution in [3.8, 4) is 17.2 Å². The summed E-state index contributed by atoms with van der Waals surface area (Å²) in [6.45, 7) is 0.752. The fourth-order valence-electron chi connectivity index (χ4n) is 4.60. The van der Waals surface area contributed by atoms with E-state index in [-0.39, 0.29) is 29.7 Å².